The van der Waals surface area contributed by atoms with Gasteiger partial charge in [-0.3, -0.25) is 0 Å². The number of aliphatic hydroxyl groups is 2. The van der Waals surface area contributed by atoms with Gasteiger partial charge >= 0.3 is 0 Å². The summed E-state index contributed by atoms with van der Waals surface area (Å²) in [6.07, 6.45) is -0.394. The van der Waals surface area contributed by atoms with Crippen molar-refractivity contribution >= 4 is 0 Å². The lowest BCUT2D eigenvalue weighted by Crippen LogP contribution is -2.32. The van der Waals surface area contributed by atoms with E-state index >= 15 is 0 Å². The summed E-state index contributed by atoms with van der Waals surface area (Å²) in [7, 11) is 0. The molecule has 1 aliphatic carbocycles. The van der Waals surface area contributed by atoms with E-state index in [9.17, 15) is 0 Å². The first-order valence-electron chi connectivity index (χ1n) is 2.72. The van der Waals surface area contributed by atoms with E-state index in [4.69, 9.17) is 10.2 Å². The van der Waals surface area contributed by atoms with Crippen LogP contribution in [0.4, 0.5) is 0 Å². The molecular weight excluding hydrogens is 104 g/mol. The van der Waals surface area contributed by atoms with E-state index in [0.717, 1.165) is 5.57 Å². The third-order valence-corrected chi connectivity index (χ3v) is 1.75. The van der Waals surface area contributed by atoms with Gasteiger partial charge in [0.1, 0.15) is 0 Å². The Morgan fingerprint density at radius 2 is 2.00 bits per heavy atom. The quantitative estimate of drug-likeness (QED) is 0.489. The summed E-state index contributed by atoms with van der Waals surface area (Å²) in [5.74, 6) is 0.326. The second kappa shape index (κ2) is 1.49. The normalized spacial score (nSPS) is 37.4. The van der Waals surface area contributed by atoms with Crippen molar-refractivity contribution in [1.82, 2.24) is 0 Å². The van der Waals surface area contributed by atoms with Crippen molar-refractivity contribution in [3.8, 4) is 0 Å². The monoisotopic (exact) mass is 114 g/mol. The maximum atomic E-state index is 8.94. The van der Waals surface area contributed by atoms with E-state index in [2.05, 4.69) is 0 Å². The summed E-state index contributed by atoms with van der Waals surface area (Å²) in [4.78, 5) is 0. The summed E-state index contributed by atoms with van der Waals surface area (Å²) in [5, 5.41) is 17.8. The van der Waals surface area contributed by atoms with Gasteiger partial charge in [0.15, 0.2) is 0 Å². The molecule has 0 aliphatic heterocycles. The van der Waals surface area contributed by atoms with Crippen molar-refractivity contribution < 1.29 is 10.2 Å². The SMILES string of the molecule is CC1=C(O)C(C)C1O. The molecule has 0 aromatic rings. The van der Waals surface area contributed by atoms with E-state index in [1.807, 2.05) is 0 Å². The Bertz CT molecular complexity index is 121. The molecule has 0 saturated carbocycles. The molecule has 0 aromatic carbocycles. The molecule has 0 fully saturated rings. The standard InChI is InChI=1S/C6H10O2/c1-3-5(7)4(2)6(3)8/h3,5,7-8H,1-2H3. The van der Waals surface area contributed by atoms with E-state index in [1.165, 1.54) is 0 Å². The number of hydrogen-bond acceptors (Lipinski definition) is 2. The van der Waals surface area contributed by atoms with Crippen LogP contribution in [-0.4, -0.2) is 16.3 Å². The maximum Gasteiger partial charge on any atom is 0.0995 e. The Balaban J connectivity index is 2.74. The minimum absolute atomic E-state index is 0.0324. The van der Waals surface area contributed by atoms with Gasteiger partial charge in [0, 0.05) is 5.92 Å². The summed E-state index contributed by atoms with van der Waals surface area (Å²) >= 11 is 0. The average molecular weight is 114 g/mol. The topological polar surface area (TPSA) is 40.5 Å². The molecule has 2 heteroatoms. The largest absolute Gasteiger partial charge is 0.512 e. The summed E-state index contributed by atoms with van der Waals surface area (Å²) in [6.45, 7) is 3.53. The fraction of sp³-hybridized carbons (Fsp3) is 0.667. The highest BCUT2D eigenvalue weighted by atomic mass is 16.3. The fourth-order valence-corrected chi connectivity index (χ4v) is 0.939. The molecule has 2 atom stereocenters. The molecule has 0 radical (unpaired) electrons. The molecule has 0 aromatic heterocycles. The van der Waals surface area contributed by atoms with Crippen LogP contribution in [0.5, 0.6) is 0 Å². The second-order valence-corrected chi connectivity index (χ2v) is 2.30. The number of aliphatic hydroxyl groups excluding tert-OH is 2. The van der Waals surface area contributed by atoms with Gasteiger partial charge in [-0.15, -0.1) is 0 Å². The van der Waals surface area contributed by atoms with Gasteiger partial charge in [0.25, 0.3) is 0 Å². The molecule has 2 unspecified atom stereocenters. The number of hydrogen-bond donors (Lipinski definition) is 2. The van der Waals surface area contributed by atoms with Gasteiger partial charge in [-0.05, 0) is 12.5 Å². The summed E-state index contributed by atoms with van der Waals surface area (Å²) < 4.78 is 0. The second-order valence-electron chi connectivity index (χ2n) is 2.30. The average Bonchev–Trinajstić information content (AvgIpc) is 1.83. The van der Waals surface area contributed by atoms with Crippen molar-refractivity contribution in [2.75, 3.05) is 0 Å². The molecule has 1 aliphatic rings. The van der Waals surface area contributed by atoms with Crippen molar-refractivity contribution in [1.29, 1.82) is 0 Å². The Hall–Kier alpha value is -0.500. The van der Waals surface area contributed by atoms with E-state index in [1.54, 1.807) is 13.8 Å². The first kappa shape index (κ1) is 5.63. The van der Waals surface area contributed by atoms with E-state index in [0.29, 0.717) is 5.76 Å². The van der Waals surface area contributed by atoms with Gasteiger partial charge in [0.2, 0.25) is 0 Å². The van der Waals surface area contributed by atoms with Crippen LogP contribution in [0.15, 0.2) is 11.3 Å². The molecule has 0 bridgehead atoms. The van der Waals surface area contributed by atoms with Crippen LogP contribution < -0.4 is 0 Å². The Morgan fingerprint density at radius 1 is 1.50 bits per heavy atom. The molecule has 8 heavy (non-hydrogen) atoms. The van der Waals surface area contributed by atoms with Crippen molar-refractivity contribution in [3.05, 3.63) is 11.3 Å². The minimum atomic E-state index is -0.394. The van der Waals surface area contributed by atoms with Gasteiger partial charge in [-0.2, -0.15) is 0 Å². The van der Waals surface area contributed by atoms with Crippen LogP contribution >= 0.6 is 0 Å². The van der Waals surface area contributed by atoms with Crippen LogP contribution in [0.25, 0.3) is 0 Å². The predicted octanol–water partition coefficient (Wildman–Crippen LogP) is 0.829. The van der Waals surface area contributed by atoms with Crippen molar-refractivity contribution in [2.45, 2.75) is 20.0 Å². The summed E-state index contributed by atoms with van der Waals surface area (Å²) in [5.41, 5.74) is 0.720. The maximum absolute atomic E-state index is 8.94. The van der Waals surface area contributed by atoms with Gasteiger partial charge in [0.05, 0.1) is 11.9 Å². The molecule has 0 saturated heterocycles. The smallest absolute Gasteiger partial charge is 0.0995 e. The first-order chi connectivity index (χ1) is 3.64. The lowest BCUT2D eigenvalue weighted by atomic mass is 9.83. The molecular formula is C6H10O2. The molecule has 2 N–H and O–H groups in total. The predicted molar refractivity (Wildman–Crippen MR) is 30.5 cm³/mol. The van der Waals surface area contributed by atoms with E-state index < -0.39 is 6.10 Å². The molecule has 1 rings (SSSR count). The van der Waals surface area contributed by atoms with Crippen LogP contribution in [0.1, 0.15) is 13.8 Å². The number of rotatable bonds is 0. The zero-order valence-corrected chi connectivity index (χ0v) is 5.05. The van der Waals surface area contributed by atoms with Crippen LogP contribution in [0, 0.1) is 5.92 Å². The minimum Gasteiger partial charge on any atom is -0.512 e. The third kappa shape index (κ3) is 0.464. The highest BCUT2D eigenvalue weighted by molar-refractivity contribution is 5.25. The Kier molecular flexibility index (Phi) is 1.05. The molecule has 0 amide bonds. The lowest BCUT2D eigenvalue weighted by Gasteiger charge is -2.30. The van der Waals surface area contributed by atoms with Crippen LogP contribution in [0.2, 0.25) is 0 Å². The van der Waals surface area contributed by atoms with Gasteiger partial charge in [-0.25, -0.2) is 0 Å². The molecule has 46 valence electrons. The molecule has 0 spiro atoms. The zero-order valence-electron chi connectivity index (χ0n) is 5.05. The first-order valence-corrected chi connectivity index (χ1v) is 2.72. The van der Waals surface area contributed by atoms with Crippen LogP contribution in [-0.2, 0) is 0 Å². The Morgan fingerprint density at radius 3 is 2.12 bits per heavy atom. The summed E-state index contributed by atoms with van der Waals surface area (Å²) in [6, 6.07) is 0. The van der Waals surface area contributed by atoms with Crippen molar-refractivity contribution in [2.24, 2.45) is 5.92 Å². The highest BCUT2D eigenvalue weighted by Gasteiger charge is 2.32. The molecule has 2 nitrogen and oxygen atoms in total. The zero-order chi connectivity index (χ0) is 6.31. The van der Waals surface area contributed by atoms with Crippen LogP contribution in [0.3, 0.4) is 0 Å². The Labute approximate surface area is 48.5 Å². The molecule has 0 heterocycles. The highest BCUT2D eigenvalue weighted by Crippen LogP contribution is 2.31. The van der Waals surface area contributed by atoms with Gasteiger partial charge in [-0.1, -0.05) is 6.92 Å². The lowest BCUT2D eigenvalue weighted by molar-refractivity contribution is 0.0942. The fourth-order valence-electron chi connectivity index (χ4n) is 0.939. The van der Waals surface area contributed by atoms with Gasteiger partial charge < -0.3 is 10.2 Å². The van der Waals surface area contributed by atoms with Crippen molar-refractivity contribution in [3.63, 3.8) is 0 Å². The van der Waals surface area contributed by atoms with E-state index in [-0.39, 0.29) is 5.92 Å². The third-order valence-electron chi connectivity index (χ3n) is 1.75.